The second-order valence-corrected chi connectivity index (χ2v) is 8.26. The quantitative estimate of drug-likeness (QED) is 0.384. The standard InChI is InChI=1S/C25H21N3O4S/c1-15-13-16(24(29)30)7-8-18(15)20-9-10-21(32-20)23-22(19-6-2-3-11-26-19)27-25(33)28(23)14-17-5-4-12-31-17/h2-13,22-23H,14H2,1H3,(H,27,33)(H,29,30)/t22-,23-/m1/s1. The fraction of sp³-hybridized carbons (Fsp3) is 0.160. The number of rotatable bonds is 6. The third-order valence-corrected chi connectivity index (χ3v) is 6.11. The number of aromatic carboxylic acids is 1. The maximum atomic E-state index is 11.3. The lowest BCUT2D eigenvalue weighted by molar-refractivity contribution is 0.0696. The van der Waals surface area contributed by atoms with Gasteiger partial charge >= 0.3 is 5.97 Å². The first-order chi connectivity index (χ1) is 16.0. The molecule has 4 aromatic rings. The van der Waals surface area contributed by atoms with E-state index in [-0.39, 0.29) is 17.6 Å². The molecule has 1 saturated heterocycles. The van der Waals surface area contributed by atoms with E-state index >= 15 is 0 Å². The number of carboxylic acids is 1. The molecule has 3 aromatic heterocycles. The van der Waals surface area contributed by atoms with Crippen molar-refractivity contribution in [2.24, 2.45) is 0 Å². The molecule has 166 valence electrons. The van der Waals surface area contributed by atoms with Crippen LogP contribution in [0.3, 0.4) is 0 Å². The van der Waals surface area contributed by atoms with Crippen molar-refractivity contribution in [1.82, 2.24) is 15.2 Å². The summed E-state index contributed by atoms with van der Waals surface area (Å²) in [7, 11) is 0. The molecule has 1 fully saturated rings. The number of thiocarbonyl (C=S) groups is 1. The Bertz CT molecular complexity index is 1300. The van der Waals surface area contributed by atoms with Crippen molar-refractivity contribution in [2.75, 3.05) is 0 Å². The van der Waals surface area contributed by atoms with Gasteiger partial charge in [-0.15, -0.1) is 0 Å². The Morgan fingerprint density at radius 3 is 2.76 bits per heavy atom. The van der Waals surface area contributed by atoms with Gasteiger partial charge in [-0.3, -0.25) is 4.98 Å². The van der Waals surface area contributed by atoms with E-state index in [1.54, 1.807) is 30.7 Å². The minimum Gasteiger partial charge on any atom is -0.478 e. The Morgan fingerprint density at radius 1 is 1.18 bits per heavy atom. The number of nitrogens with one attached hydrogen (secondary N) is 1. The average molecular weight is 460 g/mol. The summed E-state index contributed by atoms with van der Waals surface area (Å²) in [5, 5.41) is 13.2. The minimum absolute atomic E-state index is 0.205. The Labute approximate surface area is 195 Å². The van der Waals surface area contributed by atoms with Gasteiger partial charge in [0.1, 0.15) is 23.3 Å². The van der Waals surface area contributed by atoms with Gasteiger partial charge in [0, 0.05) is 11.8 Å². The van der Waals surface area contributed by atoms with Gasteiger partial charge < -0.3 is 24.2 Å². The molecule has 0 aliphatic carbocycles. The molecule has 1 aliphatic rings. The molecular weight excluding hydrogens is 438 g/mol. The highest BCUT2D eigenvalue weighted by Gasteiger charge is 2.42. The molecule has 33 heavy (non-hydrogen) atoms. The van der Waals surface area contributed by atoms with Crippen LogP contribution in [0.5, 0.6) is 0 Å². The van der Waals surface area contributed by atoms with E-state index in [4.69, 9.17) is 21.1 Å². The van der Waals surface area contributed by atoms with Crippen molar-refractivity contribution in [3.05, 3.63) is 101 Å². The number of aryl methyl sites for hydroxylation is 1. The molecule has 5 rings (SSSR count). The van der Waals surface area contributed by atoms with E-state index in [0.717, 1.165) is 28.3 Å². The number of aromatic nitrogens is 1. The maximum Gasteiger partial charge on any atom is 0.335 e. The van der Waals surface area contributed by atoms with Crippen LogP contribution in [0, 0.1) is 6.92 Å². The molecule has 1 aromatic carbocycles. The SMILES string of the molecule is Cc1cc(C(=O)O)ccc1-c1ccc([C@@H]2[C@@H](c3ccccn3)NC(=S)N2Cc2ccco2)o1. The van der Waals surface area contributed by atoms with Crippen LogP contribution in [-0.2, 0) is 6.54 Å². The number of pyridine rings is 1. The summed E-state index contributed by atoms with van der Waals surface area (Å²) in [6.07, 6.45) is 3.40. The number of benzene rings is 1. The Balaban J connectivity index is 1.53. The van der Waals surface area contributed by atoms with E-state index in [9.17, 15) is 9.90 Å². The Morgan fingerprint density at radius 2 is 2.06 bits per heavy atom. The third kappa shape index (κ3) is 4.01. The van der Waals surface area contributed by atoms with Crippen molar-refractivity contribution >= 4 is 23.3 Å². The lowest BCUT2D eigenvalue weighted by Crippen LogP contribution is -2.28. The van der Waals surface area contributed by atoms with Crippen molar-refractivity contribution < 1.29 is 18.7 Å². The van der Waals surface area contributed by atoms with Crippen LogP contribution in [0.1, 0.15) is 45.2 Å². The molecule has 0 saturated carbocycles. The first-order valence-corrected chi connectivity index (χ1v) is 10.9. The van der Waals surface area contributed by atoms with Crippen LogP contribution >= 0.6 is 12.2 Å². The van der Waals surface area contributed by atoms with Crippen LogP contribution in [0.4, 0.5) is 0 Å². The molecule has 0 radical (unpaired) electrons. The molecule has 7 nitrogen and oxygen atoms in total. The number of carbonyl (C=O) groups is 1. The van der Waals surface area contributed by atoms with E-state index in [0.29, 0.717) is 17.4 Å². The molecule has 2 atom stereocenters. The second-order valence-electron chi connectivity index (χ2n) is 7.87. The van der Waals surface area contributed by atoms with Crippen LogP contribution in [0.2, 0.25) is 0 Å². The normalized spacial score (nSPS) is 17.8. The van der Waals surface area contributed by atoms with Gasteiger partial charge in [0.05, 0.1) is 30.1 Å². The smallest absolute Gasteiger partial charge is 0.335 e. The van der Waals surface area contributed by atoms with Crippen LogP contribution in [0.15, 0.2) is 82.0 Å². The van der Waals surface area contributed by atoms with Gasteiger partial charge in [-0.05, 0) is 73.2 Å². The average Bonchev–Trinajstić information content (AvgIpc) is 3.56. The number of furan rings is 2. The molecular formula is C25H21N3O4S. The molecule has 4 heterocycles. The first-order valence-electron chi connectivity index (χ1n) is 10.5. The molecule has 1 aliphatic heterocycles. The summed E-state index contributed by atoms with van der Waals surface area (Å²) in [6.45, 7) is 2.35. The van der Waals surface area contributed by atoms with Crippen molar-refractivity contribution in [3.63, 3.8) is 0 Å². The summed E-state index contributed by atoms with van der Waals surface area (Å²) in [6, 6.07) is 17.9. The Kier molecular flexibility index (Phi) is 5.43. The summed E-state index contributed by atoms with van der Waals surface area (Å²) in [5.74, 6) is 1.22. The summed E-state index contributed by atoms with van der Waals surface area (Å²) in [4.78, 5) is 17.9. The van der Waals surface area contributed by atoms with Gasteiger partial charge in [-0.25, -0.2) is 4.79 Å². The van der Waals surface area contributed by atoms with E-state index < -0.39 is 5.97 Å². The zero-order chi connectivity index (χ0) is 22.9. The molecule has 2 N–H and O–H groups in total. The highest BCUT2D eigenvalue weighted by atomic mass is 32.1. The van der Waals surface area contributed by atoms with E-state index in [1.807, 2.05) is 54.3 Å². The highest BCUT2D eigenvalue weighted by molar-refractivity contribution is 7.80. The number of hydrogen-bond donors (Lipinski definition) is 2. The monoisotopic (exact) mass is 459 g/mol. The number of hydrogen-bond acceptors (Lipinski definition) is 5. The third-order valence-electron chi connectivity index (χ3n) is 5.76. The van der Waals surface area contributed by atoms with E-state index in [1.165, 1.54) is 0 Å². The van der Waals surface area contributed by atoms with Crippen LogP contribution in [0.25, 0.3) is 11.3 Å². The molecule has 0 spiro atoms. The van der Waals surface area contributed by atoms with Crippen LogP contribution in [-0.4, -0.2) is 26.1 Å². The largest absolute Gasteiger partial charge is 0.478 e. The molecule has 0 amide bonds. The van der Waals surface area contributed by atoms with Gasteiger partial charge in [0.25, 0.3) is 0 Å². The lowest BCUT2D eigenvalue weighted by atomic mass is 10.0. The maximum absolute atomic E-state index is 11.3. The summed E-state index contributed by atoms with van der Waals surface area (Å²) in [5.41, 5.74) is 2.76. The van der Waals surface area contributed by atoms with Crippen molar-refractivity contribution in [3.8, 4) is 11.3 Å². The molecule has 0 bridgehead atoms. The van der Waals surface area contributed by atoms with Crippen molar-refractivity contribution in [1.29, 1.82) is 0 Å². The topological polar surface area (TPSA) is 91.7 Å². The second kappa shape index (κ2) is 8.55. The summed E-state index contributed by atoms with van der Waals surface area (Å²) < 4.78 is 11.9. The lowest BCUT2D eigenvalue weighted by Gasteiger charge is -2.25. The first kappa shape index (κ1) is 21.0. The highest BCUT2D eigenvalue weighted by Crippen LogP contribution is 2.41. The minimum atomic E-state index is -0.956. The van der Waals surface area contributed by atoms with Gasteiger partial charge in [0.15, 0.2) is 5.11 Å². The predicted molar refractivity (Wildman–Crippen MR) is 126 cm³/mol. The summed E-state index contributed by atoms with van der Waals surface area (Å²) >= 11 is 5.68. The Hall–Kier alpha value is -3.91. The molecule has 8 heteroatoms. The van der Waals surface area contributed by atoms with Crippen LogP contribution < -0.4 is 5.32 Å². The van der Waals surface area contributed by atoms with Gasteiger partial charge in [0.2, 0.25) is 0 Å². The van der Waals surface area contributed by atoms with E-state index in [2.05, 4.69) is 10.3 Å². The van der Waals surface area contributed by atoms with Crippen molar-refractivity contribution in [2.45, 2.75) is 25.6 Å². The zero-order valence-corrected chi connectivity index (χ0v) is 18.6. The number of carboxylic acid groups (broad SMARTS) is 1. The fourth-order valence-electron chi connectivity index (χ4n) is 4.18. The van der Waals surface area contributed by atoms with Gasteiger partial charge in [-0.1, -0.05) is 12.1 Å². The molecule has 0 unspecified atom stereocenters. The van der Waals surface area contributed by atoms with Gasteiger partial charge in [-0.2, -0.15) is 0 Å². The predicted octanol–water partition coefficient (Wildman–Crippen LogP) is 5.11. The zero-order valence-electron chi connectivity index (χ0n) is 17.8. The fourth-order valence-corrected chi connectivity index (χ4v) is 4.49. The number of nitrogens with zero attached hydrogens (tertiary/aromatic N) is 2.